The van der Waals surface area contributed by atoms with Gasteiger partial charge in [-0.1, -0.05) is 6.92 Å². The molecule has 4 nitrogen and oxygen atoms in total. The molecule has 1 heterocycles. The Morgan fingerprint density at radius 1 is 1.22 bits per heavy atom. The van der Waals surface area contributed by atoms with Gasteiger partial charge in [-0.05, 0) is 38.0 Å². The van der Waals surface area contributed by atoms with Crippen molar-refractivity contribution in [1.82, 2.24) is 4.90 Å². The number of nitrogens with zero attached hydrogens (tertiary/aromatic N) is 1. The SMILES string of the molecule is COC1CCN(C(=O)C2CCC(N)CC2C)CC1. The van der Waals surface area contributed by atoms with Gasteiger partial charge >= 0.3 is 0 Å². The highest BCUT2D eigenvalue weighted by atomic mass is 16.5. The summed E-state index contributed by atoms with van der Waals surface area (Å²) in [7, 11) is 1.76. The van der Waals surface area contributed by atoms with Gasteiger partial charge in [-0.3, -0.25) is 4.79 Å². The highest BCUT2D eigenvalue weighted by molar-refractivity contribution is 5.79. The van der Waals surface area contributed by atoms with E-state index in [1.807, 2.05) is 4.90 Å². The van der Waals surface area contributed by atoms with E-state index in [0.717, 1.165) is 45.2 Å². The van der Waals surface area contributed by atoms with Crippen LogP contribution < -0.4 is 5.73 Å². The number of hydrogen-bond acceptors (Lipinski definition) is 3. The van der Waals surface area contributed by atoms with Gasteiger partial charge in [0.2, 0.25) is 5.91 Å². The molecule has 2 N–H and O–H groups in total. The Bertz CT molecular complexity index is 288. The molecule has 1 aliphatic heterocycles. The number of hydrogen-bond donors (Lipinski definition) is 1. The van der Waals surface area contributed by atoms with Crippen LogP contribution in [0.2, 0.25) is 0 Å². The quantitative estimate of drug-likeness (QED) is 0.810. The molecule has 18 heavy (non-hydrogen) atoms. The van der Waals surface area contributed by atoms with E-state index in [2.05, 4.69) is 6.92 Å². The third kappa shape index (κ3) is 3.04. The number of carbonyl (C=O) groups excluding carboxylic acids is 1. The predicted molar refractivity (Wildman–Crippen MR) is 71.1 cm³/mol. The number of rotatable bonds is 2. The van der Waals surface area contributed by atoms with Crippen molar-refractivity contribution >= 4 is 5.91 Å². The number of likely N-dealkylation sites (tertiary alicyclic amines) is 1. The molecule has 0 aromatic rings. The van der Waals surface area contributed by atoms with Gasteiger partial charge in [0.1, 0.15) is 0 Å². The molecule has 0 spiro atoms. The number of carbonyl (C=O) groups is 1. The second-order valence-corrected chi connectivity index (χ2v) is 5.92. The van der Waals surface area contributed by atoms with E-state index < -0.39 is 0 Å². The number of piperidine rings is 1. The Morgan fingerprint density at radius 3 is 2.44 bits per heavy atom. The lowest BCUT2D eigenvalue weighted by Crippen LogP contribution is -2.47. The average Bonchev–Trinajstić information content (AvgIpc) is 2.38. The van der Waals surface area contributed by atoms with Gasteiger partial charge in [-0.25, -0.2) is 0 Å². The molecule has 2 aliphatic rings. The maximum atomic E-state index is 12.5. The zero-order valence-electron chi connectivity index (χ0n) is 11.6. The molecular formula is C14H26N2O2. The summed E-state index contributed by atoms with van der Waals surface area (Å²) in [6.07, 6.45) is 5.24. The minimum absolute atomic E-state index is 0.198. The highest BCUT2D eigenvalue weighted by Crippen LogP contribution is 2.31. The van der Waals surface area contributed by atoms with E-state index in [4.69, 9.17) is 10.5 Å². The molecule has 3 atom stereocenters. The van der Waals surface area contributed by atoms with Crippen LogP contribution >= 0.6 is 0 Å². The fourth-order valence-electron chi connectivity index (χ4n) is 3.35. The van der Waals surface area contributed by atoms with Crippen LogP contribution in [0.5, 0.6) is 0 Å². The van der Waals surface area contributed by atoms with Crippen LogP contribution in [0.15, 0.2) is 0 Å². The van der Waals surface area contributed by atoms with Crippen LogP contribution in [0.25, 0.3) is 0 Å². The first-order valence-corrected chi connectivity index (χ1v) is 7.19. The summed E-state index contributed by atoms with van der Waals surface area (Å²) in [5, 5.41) is 0. The van der Waals surface area contributed by atoms with Gasteiger partial charge < -0.3 is 15.4 Å². The zero-order chi connectivity index (χ0) is 13.1. The van der Waals surface area contributed by atoms with Crippen molar-refractivity contribution in [2.45, 2.75) is 51.2 Å². The van der Waals surface area contributed by atoms with Gasteiger partial charge in [0.05, 0.1) is 6.10 Å². The van der Waals surface area contributed by atoms with Crippen LogP contribution in [0.3, 0.4) is 0 Å². The summed E-state index contributed by atoms with van der Waals surface area (Å²) < 4.78 is 5.35. The molecular weight excluding hydrogens is 228 g/mol. The van der Waals surface area contributed by atoms with Crippen LogP contribution in [0.4, 0.5) is 0 Å². The summed E-state index contributed by atoms with van der Waals surface area (Å²) in [6, 6.07) is 0.295. The maximum absolute atomic E-state index is 12.5. The Kier molecular flexibility index (Phi) is 4.62. The monoisotopic (exact) mass is 254 g/mol. The Morgan fingerprint density at radius 2 is 1.89 bits per heavy atom. The molecule has 2 fully saturated rings. The first-order valence-electron chi connectivity index (χ1n) is 7.19. The van der Waals surface area contributed by atoms with Crippen molar-refractivity contribution in [3.8, 4) is 0 Å². The molecule has 1 amide bonds. The van der Waals surface area contributed by atoms with Crippen LogP contribution in [0, 0.1) is 11.8 Å². The van der Waals surface area contributed by atoms with Gasteiger partial charge in [0.25, 0.3) is 0 Å². The second-order valence-electron chi connectivity index (χ2n) is 5.92. The van der Waals surface area contributed by atoms with E-state index in [1.54, 1.807) is 7.11 Å². The topological polar surface area (TPSA) is 55.6 Å². The summed E-state index contributed by atoms with van der Waals surface area (Å²) in [5.74, 6) is 0.981. The van der Waals surface area contributed by atoms with Crippen molar-refractivity contribution in [2.24, 2.45) is 17.6 Å². The van der Waals surface area contributed by atoms with Crippen molar-refractivity contribution in [3.63, 3.8) is 0 Å². The Hall–Kier alpha value is -0.610. The molecule has 3 unspecified atom stereocenters. The lowest BCUT2D eigenvalue weighted by atomic mass is 9.77. The normalized spacial score (nSPS) is 34.6. The van der Waals surface area contributed by atoms with Crippen molar-refractivity contribution in [1.29, 1.82) is 0 Å². The molecule has 2 rings (SSSR count). The lowest BCUT2D eigenvalue weighted by Gasteiger charge is -2.38. The minimum atomic E-state index is 0.198. The molecule has 0 bridgehead atoms. The summed E-state index contributed by atoms with van der Waals surface area (Å²) >= 11 is 0. The minimum Gasteiger partial charge on any atom is -0.381 e. The summed E-state index contributed by atoms with van der Waals surface area (Å²) in [5.41, 5.74) is 5.96. The van der Waals surface area contributed by atoms with Crippen molar-refractivity contribution < 1.29 is 9.53 Å². The molecule has 0 radical (unpaired) electrons. The van der Waals surface area contributed by atoms with Crippen LogP contribution in [-0.2, 0) is 9.53 Å². The maximum Gasteiger partial charge on any atom is 0.225 e. The third-order valence-corrected chi connectivity index (χ3v) is 4.61. The third-order valence-electron chi connectivity index (χ3n) is 4.61. The van der Waals surface area contributed by atoms with E-state index in [1.165, 1.54) is 0 Å². The van der Waals surface area contributed by atoms with E-state index in [0.29, 0.717) is 24.0 Å². The fourth-order valence-corrected chi connectivity index (χ4v) is 3.35. The largest absolute Gasteiger partial charge is 0.381 e. The number of methoxy groups -OCH3 is 1. The molecule has 1 saturated carbocycles. The standard InChI is InChI=1S/C14H26N2O2/c1-10-9-11(15)3-4-13(10)14(17)16-7-5-12(18-2)6-8-16/h10-13H,3-9,15H2,1-2H3. The lowest BCUT2D eigenvalue weighted by molar-refractivity contribution is -0.140. The van der Waals surface area contributed by atoms with Crippen molar-refractivity contribution in [3.05, 3.63) is 0 Å². The van der Waals surface area contributed by atoms with Gasteiger partial charge in [-0.15, -0.1) is 0 Å². The fraction of sp³-hybridized carbons (Fsp3) is 0.929. The average molecular weight is 254 g/mol. The van der Waals surface area contributed by atoms with Crippen LogP contribution in [0.1, 0.15) is 39.0 Å². The molecule has 1 saturated heterocycles. The summed E-state index contributed by atoms with van der Waals surface area (Å²) in [4.78, 5) is 14.5. The highest BCUT2D eigenvalue weighted by Gasteiger charge is 2.34. The van der Waals surface area contributed by atoms with Crippen LogP contribution in [-0.4, -0.2) is 43.2 Å². The van der Waals surface area contributed by atoms with E-state index in [-0.39, 0.29) is 5.92 Å². The Labute approximate surface area is 110 Å². The number of nitrogens with two attached hydrogens (primary N) is 1. The van der Waals surface area contributed by atoms with Gasteiger partial charge in [0.15, 0.2) is 0 Å². The first-order chi connectivity index (χ1) is 8.61. The van der Waals surface area contributed by atoms with Gasteiger partial charge in [0, 0.05) is 32.2 Å². The number of ether oxygens (including phenoxy) is 1. The van der Waals surface area contributed by atoms with Gasteiger partial charge in [-0.2, -0.15) is 0 Å². The summed E-state index contributed by atoms with van der Waals surface area (Å²) in [6.45, 7) is 3.88. The molecule has 4 heteroatoms. The second kappa shape index (κ2) is 6.02. The van der Waals surface area contributed by atoms with Crippen molar-refractivity contribution in [2.75, 3.05) is 20.2 Å². The van der Waals surface area contributed by atoms with E-state index >= 15 is 0 Å². The molecule has 104 valence electrons. The smallest absolute Gasteiger partial charge is 0.225 e. The molecule has 0 aromatic heterocycles. The van der Waals surface area contributed by atoms with E-state index in [9.17, 15) is 4.79 Å². The Balaban J connectivity index is 1.88. The first kappa shape index (κ1) is 13.8. The number of amides is 1. The molecule has 1 aliphatic carbocycles. The molecule has 0 aromatic carbocycles. The zero-order valence-corrected chi connectivity index (χ0v) is 11.6. The predicted octanol–water partition coefficient (Wildman–Crippen LogP) is 1.39.